The van der Waals surface area contributed by atoms with Crippen molar-refractivity contribution in [3.63, 3.8) is 0 Å². The Balaban J connectivity index is 1.67. The predicted molar refractivity (Wildman–Crippen MR) is 88.7 cm³/mol. The van der Waals surface area contributed by atoms with Crippen molar-refractivity contribution in [3.05, 3.63) is 29.8 Å². The second kappa shape index (κ2) is 8.06. The first-order valence-corrected chi connectivity index (χ1v) is 8.28. The lowest BCUT2D eigenvalue weighted by atomic mass is 9.95. The summed E-state index contributed by atoms with van der Waals surface area (Å²) in [5.41, 5.74) is 2.43. The number of carbonyl (C=O) groups is 1. The lowest BCUT2D eigenvalue weighted by molar-refractivity contribution is -0.121. The molecule has 0 bridgehead atoms. The van der Waals surface area contributed by atoms with Gasteiger partial charge in [0.2, 0.25) is 5.91 Å². The summed E-state index contributed by atoms with van der Waals surface area (Å²) in [5, 5.41) is 6.47. The summed E-state index contributed by atoms with van der Waals surface area (Å²) in [5.74, 6) is 0.730. The maximum absolute atomic E-state index is 11.9. The lowest BCUT2D eigenvalue weighted by Gasteiger charge is -2.22. The van der Waals surface area contributed by atoms with Crippen LogP contribution in [0.15, 0.2) is 24.3 Å². The van der Waals surface area contributed by atoms with E-state index in [2.05, 4.69) is 48.7 Å². The minimum absolute atomic E-state index is 0.174. The van der Waals surface area contributed by atoms with Gasteiger partial charge in [0.15, 0.2) is 0 Å². The van der Waals surface area contributed by atoms with E-state index in [-0.39, 0.29) is 5.91 Å². The molecule has 0 unspecified atom stereocenters. The number of benzene rings is 1. The monoisotopic (exact) mass is 288 g/mol. The fourth-order valence-electron chi connectivity index (χ4n) is 2.85. The standard InChI is InChI=1S/C18H28N2O/c1-14(2)15-8-10-16(11-9-15)19-13-12-18(21)20-17-6-4-3-5-7-17/h8-11,14,17,19H,3-7,12-13H2,1-2H3,(H,20,21). The van der Waals surface area contributed by atoms with Crippen LogP contribution in [0.1, 0.15) is 63.9 Å². The van der Waals surface area contributed by atoms with E-state index in [0.29, 0.717) is 24.9 Å². The Labute approximate surface area is 128 Å². The number of anilines is 1. The Bertz CT molecular complexity index is 433. The summed E-state index contributed by atoms with van der Waals surface area (Å²) >= 11 is 0. The van der Waals surface area contributed by atoms with Gasteiger partial charge < -0.3 is 10.6 Å². The molecule has 1 aliphatic rings. The van der Waals surface area contributed by atoms with Gasteiger partial charge in [0.25, 0.3) is 0 Å². The molecule has 0 aliphatic heterocycles. The number of hydrogen-bond acceptors (Lipinski definition) is 2. The quantitative estimate of drug-likeness (QED) is 0.828. The van der Waals surface area contributed by atoms with Crippen LogP contribution in [0.25, 0.3) is 0 Å². The molecule has 0 heterocycles. The van der Waals surface area contributed by atoms with E-state index in [0.717, 1.165) is 18.5 Å². The van der Waals surface area contributed by atoms with Gasteiger partial charge in [0.05, 0.1) is 0 Å². The zero-order valence-corrected chi connectivity index (χ0v) is 13.3. The molecule has 1 aliphatic carbocycles. The van der Waals surface area contributed by atoms with E-state index in [1.807, 2.05) is 0 Å². The molecule has 21 heavy (non-hydrogen) atoms. The molecule has 1 fully saturated rings. The summed E-state index contributed by atoms with van der Waals surface area (Å²) < 4.78 is 0. The zero-order valence-electron chi connectivity index (χ0n) is 13.3. The zero-order chi connectivity index (χ0) is 15.1. The maximum Gasteiger partial charge on any atom is 0.221 e. The lowest BCUT2D eigenvalue weighted by Crippen LogP contribution is -2.36. The summed E-state index contributed by atoms with van der Waals surface area (Å²) in [6.45, 7) is 5.08. The molecule has 2 rings (SSSR count). The van der Waals surface area contributed by atoms with Crippen LogP contribution in [-0.4, -0.2) is 18.5 Å². The van der Waals surface area contributed by atoms with Crippen LogP contribution in [0.2, 0.25) is 0 Å². The Kier molecular flexibility index (Phi) is 6.09. The van der Waals surface area contributed by atoms with Crippen molar-refractivity contribution in [3.8, 4) is 0 Å². The molecule has 3 heteroatoms. The topological polar surface area (TPSA) is 41.1 Å². The molecule has 0 atom stereocenters. The second-order valence-corrected chi connectivity index (χ2v) is 6.36. The molecular formula is C18H28N2O. The molecule has 0 saturated heterocycles. The minimum Gasteiger partial charge on any atom is -0.385 e. The molecule has 0 spiro atoms. The average molecular weight is 288 g/mol. The molecule has 116 valence electrons. The molecule has 1 aromatic carbocycles. The Morgan fingerprint density at radius 1 is 1.14 bits per heavy atom. The van der Waals surface area contributed by atoms with Gasteiger partial charge >= 0.3 is 0 Å². The highest BCUT2D eigenvalue weighted by molar-refractivity contribution is 5.76. The summed E-state index contributed by atoms with van der Waals surface area (Å²) in [6, 6.07) is 8.89. The van der Waals surface area contributed by atoms with Crippen LogP contribution in [0.3, 0.4) is 0 Å². The third kappa shape index (κ3) is 5.41. The summed E-state index contributed by atoms with van der Waals surface area (Å²) in [4.78, 5) is 11.9. The van der Waals surface area contributed by atoms with E-state index in [4.69, 9.17) is 0 Å². The molecule has 1 saturated carbocycles. The van der Waals surface area contributed by atoms with Crippen LogP contribution < -0.4 is 10.6 Å². The van der Waals surface area contributed by atoms with Gasteiger partial charge in [-0.05, 0) is 36.5 Å². The van der Waals surface area contributed by atoms with Gasteiger partial charge in [-0.15, -0.1) is 0 Å². The Morgan fingerprint density at radius 3 is 2.43 bits per heavy atom. The summed E-state index contributed by atoms with van der Waals surface area (Å²) in [7, 11) is 0. The highest BCUT2D eigenvalue weighted by atomic mass is 16.1. The maximum atomic E-state index is 11.9. The third-order valence-electron chi connectivity index (χ3n) is 4.23. The molecule has 2 N–H and O–H groups in total. The van der Waals surface area contributed by atoms with Crippen LogP contribution in [0, 0.1) is 0 Å². The van der Waals surface area contributed by atoms with Crippen LogP contribution in [0.4, 0.5) is 5.69 Å². The number of amides is 1. The van der Waals surface area contributed by atoms with Crippen molar-refractivity contribution in [2.24, 2.45) is 0 Å². The van der Waals surface area contributed by atoms with Gasteiger partial charge in [0, 0.05) is 24.7 Å². The number of nitrogens with one attached hydrogen (secondary N) is 2. The first-order chi connectivity index (χ1) is 10.1. The van der Waals surface area contributed by atoms with Gasteiger partial charge in [-0.25, -0.2) is 0 Å². The summed E-state index contributed by atoms with van der Waals surface area (Å²) in [6.07, 6.45) is 6.67. The number of carbonyl (C=O) groups excluding carboxylic acids is 1. The van der Waals surface area contributed by atoms with Crippen molar-refractivity contribution < 1.29 is 4.79 Å². The van der Waals surface area contributed by atoms with E-state index in [1.165, 1.54) is 24.8 Å². The highest BCUT2D eigenvalue weighted by Gasteiger charge is 2.15. The van der Waals surface area contributed by atoms with Crippen LogP contribution in [-0.2, 0) is 4.79 Å². The van der Waals surface area contributed by atoms with E-state index in [9.17, 15) is 4.79 Å². The molecule has 0 aromatic heterocycles. The van der Waals surface area contributed by atoms with Crippen molar-refractivity contribution in [1.29, 1.82) is 0 Å². The van der Waals surface area contributed by atoms with Crippen LogP contribution >= 0.6 is 0 Å². The Hall–Kier alpha value is -1.51. The van der Waals surface area contributed by atoms with E-state index in [1.54, 1.807) is 0 Å². The molecular weight excluding hydrogens is 260 g/mol. The number of rotatable bonds is 6. The average Bonchev–Trinajstić information content (AvgIpc) is 2.49. The normalized spacial score (nSPS) is 16.0. The van der Waals surface area contributed by atoms with Gasteiger partial charge in [0.1, 0.15) is 0 Å². The third-order valence-corrected chi connectivity index (χ3v) is 4.23. The van der Waals surface area contributed by atoms with E-state index < -0.39 is 0 Å². The van der Waals surface area contributed by atoms with Crippen LogP contribution in [0.5, 0.6) is 0 Å². The molecule has 0 radical (unpaired) electrons. The minimum atomic E-state index is 0.174. The molecule has 3 nitrogen and oxygen atoms in total. The molecule has 1 amide bonds. The smallest absolute Gasteiger partial charge is 0.221 e. The van der Waals surface area contributed by atoms with Crippen molar-refractivity contribution >= 4 is 11.6 Å². The largest absolute Gasteiger partial charge is 0.385 e. The Morgan fingerprint density at radius 2 is 1.81 bits per heavy atom. The number of hydrogen-bond donors (Lipinski definition) is 2. The van der Waals surface area contributed by atoms with Gasteiger partial charge in [-0.1, -0.05) is 45.2 Å². The van der Waals surface area contributed by atoms with E-state index >= 15 is 0 Å². The predicted octanol–water partition coefficient (Wildman–Crippen LogP) is 4.06. The molecule has 1 aromatic rings. The SMILES string of the molecule is CC(C)c1ccc(NCCC(=O)NC2CCCCC2)cc1. The highest BCUT2D eigenvalue weighted by Crippen LogP contribution is 2.18. The fourth-order valence-corrected chi connectivity index (χ4v) is 2.85. The van der Waals surface area contributed by atoms with Crippen molar-refractivity contribution in [2.75, 3.05) is 11.9 Å². The van der Waals surface area contributed by atoms with Gasteiger partial charge in [-0.2, -0.15) is 0 Å². The second-order valence-electron chi connectivity index (χ2n) is 6.36. The van der Waals surface area contributed by atoms with Crippen molar-refractivity contribution in [2.45, 2.75) is 64.3 Å². The first-order valence-electron chi connectivity index (χ1n) is 8.28. The van der Waals surface area contributed by atoms with Gasteiger partial charge in [-0.3, -0.25) is 4.79 Å². The fraction of sp³-hybridized carbons (Fsp3) is 0.611. The first kappa shape index (κ1) is 15.9. The van der Waals surface area contributed by atoms with Crippen molar-refractivity contribution in [1.82, 2.24) is 5.32 Å².